The summed E-state index contributed by atoms with van der Waals surface area (Å²) in [5.74, 6) is 0.512. The third kappa shape index (κ3) is 6.41. The van der Waals surface area contributed by atoms with Crippen LogP contribution in [0.2, 0.25) is 0 Å². The van der Waals surface area contributed by atoms with Crippen LogP contribution in [0.15, 0.2) is 11.2 Å². The zero-order valence-electron chi connectivity index (χ0n) is 16.1. The number of nitrogens with zero attached hydrogens (tertiary/aromatic N) is 5. The van der Waals surface area contributed by atoms with E-state index in [0.29, 0.717) is 45.3 Å². The number of guanidine groups is 1. The maximum absolute atomic E-state index is 13.1. The summed E-state index contributed by atoms with van der Waals surface area (Å²) in [5, 5.41) is 6.59. The van der Waals surface area contributed by atoms with Crippen LogP contribution in [0.3, 0.4) is 0 Å². The van der Waals surface area contributed by atoms with Crippen molar-refractivity contribution in [3.63, 3.8) is 0 Å². The summed E-state index contributed by atoms with van der Waals surface area (Å²) in [6.45, 7) is 6.35. The summed E-state index contributed by atoms with van der Waals surface area (Å²) < 4.78 is 45.3. The van der Waals surface area contributed by atoms with Crippen LogP contribution < -0.4 is 5.32 Å². The van der Waals surface area contributed by atoms with Gasteiger partial charge in [0, 0.05) is 51.5 Å². The van der Waals surface area contributed by atoms with Crippen molar-refractivity contribution in [2.24, 2.45) is 12.0 Å². The average Bonchev–Trinajstić information content (AvgIpc) is 3.00. The van der Waals surface area contributed by atoms with E-state index in [-0.39, 0.29) is 42.2 Å². The molecule has 1 N–H and O–H groups in total. The van der Waals surface area contributed by atoms with Crippen molar-refractivity contribution in [1.82, 2.24) is 24.9 Å². The highest BCUT2D eigenvalue weighted by molar-refractivity contribution is 14.0. The summed E-state index contributed by atoms with van der Waals surface area (Å²) in [4.78, 5) is 19.6. The van der Waals surface area contributed by atoms with Crippen molar-refractivity contribution >= 4 is 36.0 Å². The maximum Gasteiger partial charge on any atom is 0.435 e. The van der Waals surface area contributed by atoms with Gasteiger partial charge in [-0.3, -0.25) is 4.68 Å². The molecule has 0 aliphatic carbocycles. The molecule has 0 bridgehead atoms. The fraction of sp³-hybridized carbons (Fsp3) is 0.688. The van der Waals surface area contributed by atoms with Gasteiger partial charge >= 0.3 is 12.3 Å². The number of carbonyl (C=O) groups is 1. The molecule has 0 aromatic carbocycles. The van der Waals surface area contributed by atoms with Crippen molar-refractivity contribution in [3.05, 3.63) is 17.5 Å². The Morgan fingerprint density at radius 2 is 1.86 bits per heavy atom. The van der Waals surface area contributed by atoms with Gasteiger partial charge in [0.05, 0.1) is 13.2 Å². The number of rotatable bonds is 4. The molecular weight excluding hydrogens is 492 g/mol. The molecule has 1 fully saturated rings. The summed E-state index contributed by atoms with van der Waals surface area (Å²) in [5.41, 5.74) is -0.901. The molecule has 0 unspecified atom stereocenters. The minimum atomic E-state index is -4.52. The Kier molecular flexibility index (Phi) is 9.30. The minimum Gasteiger partial charge on any atom is -0.450 e. The first-order chi connectivity index (χ1) is 12.8. The zero-order valence-corrected chi connectivity index (χ0v) is 18.5. The fourth-order valence-corrected chi connectivity index (χ4v) is 2.79. The van der Waals surface area contributed by atoms with E-state index < -0.39 is 11.9 Å². The van der Waals surface area contributed by atoms with Crippen molar-refractivity contribution in [2.75, 3.05) is 39.3 Å². The Hall–Kier alpha value is -1.73. The molecule has 12 heteroatoms. The predicted octanol–water partition coefficient (Wildman–Crippen LogP) is 2.30. The molecule has 2 rings (SSSR count). The van der Waals surface area contributed by atoms with Crippen LogP contribution in [0.4, 0.5) is 18.0 Å². The van der Waals surface area contributed by atoms with Gasteiger partial charge in [-0.05, 0) is 13.8 Å². The number of ether oxygens (including phenoxy) is 1. The van der Waals surface area contributed by atoms with Gasteiger partial charge in [0.25, 0.3) is 0 Å². The van der Waals surface area contributed by atoms with E-state index in [9.17, 15) is 18.0 Å². The van der Waals surface area contributed by atoms with Crippen LogP contribution in [0, 0.1) is 0 Å². The molecule has 8 nitrogen and oxygen atoms in total. The number of hydrogen-bond donors (Lipinski definition) is 1. The molecule has 1 aromatic heterocycles. The second kappa shape index (κ2) is 10.7. The second-order valence-corrected chi connectivity index (χ2v) is 6.02. The van der Waals surface area contributed by atoms with Crippen molar-refractivity contribution in [3.8, 4) is 0 Å². The average molecular weight is 518 g/mol. The Morgan fingerprint density at radius 1 is 1.25 bits per heavy atom. The summed E-state index contributed by atoms with van der Waals surface area (Å²) >= 11 is 0. The van der Waals surface area contributed by atoms with Crippen molar-refractivity contribution in [1.29, 1.82) is 0 Å². The third-order valence-electron chi connectivity index (χ3n) is 4.01. The summed E-state index contributed by atoms with van der Waals surface area (Å²) in [6, 6.07) is 0. The lowest BCUT2D eigenvalue weighted by Gasteiger charge is -2.35. The number of aromatic nitrogens is 2. The Labute approximate surface area is 179 Å². The first kappa shape index (κ1) is 24.3. The Balaban J connectivity index is 0.00000392. The number of alkyl halides is 3. The molecule has 1 aromatic rings. The highest BCUT2D eigenvalue weighted by Gasteiger charge is 2.36. The van der Waals surface area contributed by atoms with Gasteiger partial charge in [-0.15, -0.1) is 24.0 Å². The summed E-state index contributed by atoms with van der Waals surface area (Å²) in [6.07, 6.45) is -3.55. The number of piperazine rings is 1. The number of halogens is 4. The van der Waals surface area contributed by atoms with E-state index in [1.165, 1.54) is 13.2 Å². The molecule has 2 heterocycles. The van der Waals surface area contributed by atoms with Gasteiger partial charge in [0.1, 0.15) is 0 Å². The van der Waals surface area contributed by atoms with E-state index in [0.717, 1.165) is 4.68 Å². The Morgan fingerprint density at radius 3 is 2.39 bits per heavy atom. The largest absolute Gasteiger partial charge is 0.450 e. The van der Waals surface area contributed by atoms with Crippen LogP contribution in [0.1, 0.15) is 25.1 Å². The molecular formula is C16H26F3IN6O2. The first-order valence-electron chi connectivity index (χ1n) is 8.80. The normalized spacial score (nSPS) is 15.3. The molecule has 1 saturated heterocycles. The van der Waals surface area contributed by atoms with Crippen LogP contribution >= 0.6 is 24.0 Å². The monoisotopic (exact) mass is 518 g/mol. The van der Waals surface area contributed by atoms with Crippen LogP contribution in [-0.4, -0.2) is 71.0 Å². The summed E-state index contributed by atoms with van der Waals surface area (Å²) in [7, 11) is 1.45. The molecule has 1 aliphatic heterocycles. The van der Waals surface area contributed by atoms with Crippen LogP contribution in [0.25, 0.3) is 0 Å². The van der Waals surface area contributed by atoms with E-state index in [2.05, 4.69) is 15.4 Å². The second-order valence-electron chi connectivity index (χ2n) is 6.02. The first-order valence-corrected chi connectivity index (χ1v) is 8.80. The lowest BCUT2D eigenvalue weighted by Crippen LogP contribution is -2.53. The van der Waals surface area contributed by atoms with E-state index in [1.807, 2.05) is 11.8 Å². The molecule has 1 amide bonds. The minimum absolute atomic E-state index is 0. The predicted molar refractivity (Wildman–Crippen MR) is 109 cm³/mol. The van der Waals surface area contributed by atoms with E-state index in [1.54, 1.807) is 11.8 Å². The van der Waals surface area contributed by atoms with E-state index in [4.69, 9.17) is 4.74 Å². The lowest BCUT2D eigenvalue weighted by molar-refractivity contribution is -0.142. The highest BCUT2D eigenvalue weighted by atomic mass is 127. The topological polar surface area (TPSA) is 75.0 Å². The molecule has 0 atom stereocenters. The van der Waals surface area contributed by atoms with Gasteiger partial charge in [-0.1, -0.05) is 0 Å². The molecule has 28 heavy (non-hydrogen) atoms. The standard InChI is InChI=1S/C16H25F3N6O2.HI/c1-4-20-14(24-6-8-25(9-7-24)15(26)27-5-2)21-10-12-11-23(3)22-13(12)16(17,18)19;/h11H,4-10H2,1-3H3,(H,20,21);1H. The van der Waals surface area contributed by atoms with Gasteiger partial charge in [0.15, 0.2) is 11.7 Å². The third-order valence-corrected chi connectivity index (χ3v) is 4.01. The Bertz CT molecular complexity index is 672. The zero-order chi connectivity index (χ0) is 20.0. The van der Waals surface area contributed by atoms with Crippen molar-refractivity contribution < 1.29 is 22.7 Å². The smallest absolute Gasteiger partial charge is 0.435 e. The molecule has 160 valence electrons. The van der Waals surface area contributed by atoms with Gasteiger partial charge in [0.2, 0.25) is 0 Å². The number of aliphatic imine (C=N–C) groups is 1. The molecule has 0 saturated carbocycles. The highest BCUT2D eigenvalue weighted by Crippen LogP contribution is 2.30. The molecule has 1 aliphatic rings. The number of carbonyl (C=O) groups excluding carboxylic acids is 1. The number of nitrogens with one attached hydrogen (secondary N) is 1. The van der Waals surface area contributed by atoms with Gasteiger partial charge in [-0.2, -0.15) is 18.3 Å². The molecule has 0 spiro atoms. The lowest BCUT2D eigenvalue weighted by atomic mass is 10.2. The van der Waals surface area contributed by atoms with Crippen LogP contribution in [0.5, 0.6) is 0 Å². The quantitative estimate of drug-likeness (QED) is 0.377. The SMILES string of the molecule is CCNC(=NCc1cn(C)nc1C(F)(F)F)N1CCN(C(=O)OCC)CC1.I. The number of amides is 1. The number of aryl methyl sites for hydroxylation is 1. The van der Waals surface area contributed by atoms with Gasteiger partial charge < -0.3 is 19.9 Å². The van der Waals surface area contributed by atoms with Crippen molar-refractivity contribution in [2.45, 2.75) is 26.6 Å². The van der Waals surface area contributed by atoms with Gasteiger partial charge in [-0.25, -0.2) is 9.79 Å². The van der Waals surface area contributed by atoms with Crippen LogP contribution in [-0.2, 0) is 24.5 Å². The fourth-order valence-electron chi connectivity index (χ4n) is 2.79. The maximum atomic E-state index is 13.1. The molecule has 0 radical (unpaired) electrons. The van der Waals surface area contributed by atoms with E-state index >= 15 is 0 Å². The number of hydrogen-bond acceptors (Lipinski definition) is 4.